The SMILES string of the molecule is Cc1cc(N(C)C(=O)OC(C)(C)C)cc2c1C(=O)O[C@@H](C)[C@H](C)/C=C\[C@@H](C)[C@@H]1OC(C)(C)O[C@H]1C/C=C/2. The van der Waals surface area contributed by atoms with Crippen molar-refractivity contribution < 1.29 is 28.5 Å². The smallest absolute Gasteiger partial charge is 0.414 e. The maximum absolute atomic E-state index is 13.4. The first kappa shape index (κ1) is 28.9. The lowest BCUT2D eigenvalue weighted by atomic mass is 9.94. The molecule has 0 unspecified atom stereocenters. The number of esters is 1. The van der Waals surface area contributed by atoms with Crippen molar-refractivity contribution in [3.8, 4) is 0 Å². The first-order chi connectivity index (χ1) is 17.1. The minimum absolute atomic E-state index is 0.0139. The lowest BCUT2D eigenvalue weighted by molar-refractivity contribution is -0.148. The third-order valence-corrected chi connectivity index (χ3v) is 6.77. The topological polar surface area (TPSA) is 74.3 Å². The summed E-state index contributed by atoms with van der Waals surface area (Å²) in [5.41, 5.74) is 1.87. The Bertz CT molecular complexity index is 1070. The summed E-state index contributed by atoms with van der Waals surface area (Å²) in [6.45, 7) is 17.3. The van der Waals surface area contributed by atoms with Crippen LogP contribution >= 0.6 is 0 Å². The second-order valence-electron chi connectivity index (χ2n) is 11.8. The molecule has 1 saturated heterocycles. The number of amides is 1. The van der Waals surface area contributed by atoms with E-state index in [4.69, 9.17) is 18.9 Å². The van der Waals surface area contributed by atoms with Crippen molar-refractivity contribution in [3.63, 3.8) is 0 Å². The van der Waals surface area contributed by atoms with E-state index in [0.29, 0.717) is 28.8 Å². The standard InChI is InChI=1S/C30H43NO6/c1-18-14-15-19(2)26-24(35-30(8,9)36-26)13-11-12-22-17-23(31(10)28(33)37-29(5,6)7)16-20(3)25(22)27(32)34-21(18)4/h11-12,14-19,21,24,26H,13H2,1-10H3/b12-11+,15-14-/t18-,19-,21+,24+,26+/m1/s1. The Labute approximate surface area is 221 Å². The zero-order valence-corrected chi connectivity index (χ0v) is 24.0. The number of hydrogen-bond donors (Lipinski definition) is 0. The molecule has 5 atom stereocenters. The van der Waals surface area contributed by atoms with Crippen LogP contribution in [0, 0.1) is 18.8 Å². The highest BCUT2D eigenvalue weighted by atomic mass is 16.8. The molecule has 0 N–H and O–H groups in total. The lowest BCUT2D eigenvalue weighted by Gasteiger charge is -2.26. The van der Waals surface area contributed by atoms with Crippen molar-refractivity contribution in [1.82, 2.24) is 0 Å². The van der Waals surface area contributed by atoms with Crippen LogP contribution < -0.4 is 4.90 Å². The molecule has 2 aliphatic rings. The number of benzene rings is 1. The Morgan fingerprint density at radius 1 is 1.08 bits per heavy atom. The average molecular weight is 514 g/mol. The minimum atomic E-state index is -0.672. The molecule has 1 aromatic carbocycles. The Morgan fingerprint density at radius 2 is 1.73 bits per heavy atom. The number of fused-ring (bicyclic) bond motifs is 2. The van der Waals surface area contributed by atoms with Gasteiger partial charge in [0, 0.05) is 24.6 Å². The van der Waals surface area contributed by atoms with Crippen LogP contribution in [0.15, 0.2) is 30.4 Å². The largest absolute Gasteiger partial charge is 0.458 e. The number of carbonyl (C=O) groups excluding carboxylic acids is 2. The van der Waals surface area contributed by atoms with E-state index in [0.717, 1.165) is 0 Å². The van der Waals surface area contributed by atoms with Crippen LogP contribution in [0.5, 0.6) is 0 Å². The molecule has 1 aromatic rings. The van der Waals surface area contributed by atoms with Crippen molar-refractivity contribution in [2.24, 2.45) is 11.8 Å². The number of anilines is 1. The monoisotopic (exact) mass is 513 g/mol. The van der Waals surface area contributed by atoms with E-state index in [9.17, 15) is 9.59 Å². The molecule has 3 rings (SSSR count). The fourth-order valence-electron chi connectivity index (χ4n) is 4.61. The summed E-state index contributed by atoms with van der Waals surface area (Å²) in [7, 11) is 1.66. The van der Waals surface area contributed by atoms with Gasteiger partial charge in [0.15, 0.2) is 5.79 Å². The molecule has 0 aromatic heterocycles. The van der Waals surface area contributed by atoms with E-state index < -0.39 is 17.5 Å². The number of cyclic esters (lactones) is 1. The van der Waals surface area contributed by atoms with Gasteiger partial charge in [-0.3, -0.25) is 4.90 Å². The predicted octanol–water partition coefficient (Wildman–Crippen LogP) is 6.68. The van der Waals surface area contributed by atoms with Gasteiger partial charge in [0.1, 0.15) is 11.7 Å². The molecule has 7 heteroatoms. The molecule has 1 amide bonds. The Balaban J connectivity index is 2.04. The summed E-state index contributed by atoms with van der Waals surface area (Å²) < 4.78 is 23.9. The van der Waals surface area contributed by atoms with Gasteiger partial charge >= 0.3 is 12.1 Å². The average Bonchev–Trinajstić information content (AvgIpc) is 3.08. The first-order valence-corrected chi connectivity index (χ1v) is 13.1. The van der Waals surface area contributed by atoms with Crippen LogP contribution in [-0.2, 0) is 18.9 Å². The summed E-state index contributed by atoms with van der Waals surface area (Å²) in [6, 6.07) is 3.63. The van der Waals surface area contributed by atoms with E-state index in [1.807, 2.05) is 79.7 Å². The number of nitrogens with zero attached hydrogens (tertiary/aromatic N) is 1. The fourth-order valence-corrected chi connectivity index (χ4v) is 4.61. The van der Waals surface area contributed by atoms with Crippen LogP contribution in [0.2, 0.25) is 0 Å². The van der Waals surface area contributed by atoms with E-state index in [1.54, 1.807) is 7.05 Å². The molecule has 37 heavy (non-hydrogen) atoms. The molecule has 2 aliphatic heterocycles. The molecular weight excluding hydrogens is 470 g/mol. The highest BCUT2D eigenvalue weighted by Crippen LogP contribution is 2.35. The van der Waals surface area contributed by atoms with Crippen molar-refractivity contribution in [2.45, 2.75) is 98.4 Å². The minimum Gasteiger partial charge on any atom is -0.458 e. The second-order valence-corrected chi connectivity index (χ2v) is 11.8. The molecule has 0 saturated carbocycles. The molecule has 204 valence electrons. The summed E-state index contributed by atoms with van der Waals surface area (Å²) in [6.07, 6.45) is 7.70. The fraction of sp³-hybridized carbons (Fsp3) is 0.600. The predicted molar refractivity (Wildman–Crippen MR) is 146 cm³/mol. The van der Waals surface area contributed by atoms with E-state index >= 15 is 0 Å². The third kappa shape index (κ3) is 7.23. The highest BCUT2D eigenvalue weighted by molar-refractivity contribution is 5.97. The molecule has 0 spiro atoms. The molecule has 0 radical (unpaired) electrons. The van der Waals surface area contributed by atoms with Gasteiger partial charge in [0.25, 0.3) is 0 Å². The van der Waals surface area contributed by atoms with Crippen molar-refractivity contribution in [2.75, 3.05) is 11.9 Å². The third-order valence-electron chi connectivity index (χ3n) is 6.77. The zero-order chi connectivity index (χ0) is 27.7. The Kier molecular flexibility index (Phi) is 8.60. The Hall–Kier alpha value is -2.64. The Morgan fingerprint density at radius 3 is 2.38 bits per heavy atom. The summed E-state index contributed by atoms with van der Waals surface area (Å²) in [5, 5.41) is 0. The number of rotatable bonds is 1. The maximum atomic E-state index is 13.4. The van der Waals surface area contributed by atoms with Gasteiger partial charge in [-0.1, -0.05) is 38.2 Å². The number of ether oxygens (including phenoxy) is 4. The number of aryl methyl sites for hydroxylation is 1. The van der Waals surface area contributed by atoms with Gasteiger partial charge in [-0.2, -0.15) is 0 Å². The normalized spacial score (nSPS) is 29.8. The van der Waals surface area contributed by atoms with Gasteiger partial charge in [-0.15, -0.1) is 0 Å². The summed E-state index contributed by atoms with van der Waals surface area (Å²) in [4.78, 5) is 27.5. The van der Waals surface area contributed by atoms with Crippen molar-refractivity contribution in [1.29, 1.82) is 0 Å². The van der Waals surface area contributed by atoms with Gasteiger partial charge in [-0.05, 0) is 78.1 Å². The first-order valence-electron chi connectivity index (χ1n) is 13.1. The van der Waals surface area contributed by atoms with Gasteiger partial charge < -0.3 is 18.9 Å². The van der Waals surface area contributed by atoms with Crippen molar-refractivity contribution in [3.05, 3.63) is 47.1 Å². The van der Waals surface area contributed by atoms with E-state index in [2.05, 4.69) is 19.1 Å². The summed E-state index contributed by atoms with van der Waals surface area (Å²) >= 11 is 0. The van der Waals surface area contributed by atoms with Gasteiger partial charge in [-0.25, -0.2) is 9.59 Å². The molecular formula is C30H43NO6. The van der Waals surface area contributed by atoms with Gasteiger partial charge in [0.2, 0.25) is 0 Å². The van der Waals surface area contributed by atoms with Crippen LogP contribution in [0.3, 0.4) is 0 Å². The van der Waals surface area contributed by atoms with Crippen LogP contribution in [0.4, 0.5) is 10.5 Å². The molecule has 0 aliphatic carbocycles. The summed E-state index contributed by atoms with van der Waals surface area (Å²) in [5.74, 6) is -0.923. The number of carbonyl (C=O) groups is 2. The molecule has 2 heterocycles. The van der Waals surface area contributed by atoms with Crippen LogP contribution in [0.25, 0.3) is 6.08 Å². The van der Waals surface area contributed by atoms with Crippen molar-refractivity contribution >= 4 is 23.8 Å². The zero-order valence-electron chi connectivity index (χ0n) is 24.0. The highest BCUT2D eigenvalue weighted by Gasteiger charge is 2.42. The second kappa shape index (κ2) is 11.0. The van der Waals surface area contributed by atoms with E-state index in [1.165, 1.54) is 4.90 Å². The quantitative estimate of drug-likeness (QED) is 0.308. The van der Waals surface area contributed by atoms with Gasteiger partial charge in [0.05, 0.1) is 17.8 Å². The lowest BCUT2D eigenvalue weighted by Crippen LogP contribution is -2.34. The number of hydrogen-bond acceptors (Lipinski definition) is 6. The molecule has 7 nitrogen and oxygen atoms in total. The van der Waals surface area contributed by atoms with Crippen LogP contribution in [-0.4, -0.2) is 48.8 Å². The van der Waals surface area contributed by atoms with Crippen LogP contribution in [0.1, 0.15) is 83.3 Å². The molecule has 1 fully saturated rings. The molecule has 0 bridgehead atoms. The van der Waals surface area contributed by atoms with E-state index in [-0.39, 0.29) is 36.1 Å². The maximum Gasteiger partial charge on any atom is 0.414 e.